The van der Waals surface area contributed by atoms with Gasteiger partial charge >= 0.3 is 5.97 Å². The Morgan fingerprint density at radius 3 is 2.16 bits per heavy atom. The van der Waals surface area contributed by atoms with Crippen molar-refractivity contribution in [3.05, 3.63) is 35.9 Å². The molecule has 0 amide bonds. The average Bonchev–Trinajstić information content (AvgIpc) is 2.40. The number of rotatable bonds is 2. The van der Waals surface area contributed by atoms with E-state index in [1.807, 2.05) is 0 Å². The molecule has 0 spiro atoms. The van der Waals surface area contributed by atoms with Crippen LogP contribution < -0.4 is 22.9 Å². The molecule has 9 N–H and O–H groups in total. The molecule has 98 valence electrons. The van der Waals surface area contributed by atoms with Crippen molar-refractivity contribution < 1.29 is 9.90 Å². The fourth-order valence-corrected chi connectivity index (χ4v) is 1.88. The smallest absolute Gasteiger partial charge is 0.336 e. The molecule has 0 saturated carbocycles. The summed E-state index contributed by atoms with van der Waals surface area (Å²) in [4.78, 5) is 11.2. The number of nitrogens with two attached hydrogens (primary N) is 4. The molecule has 6 heteroatoms. The molecule has 2 rings (SSSR count). The van der Waals surface area contributed by atoms with Crippen LogP contribution in [-0.2, 0) is 0 Å². The Kier molecular flexibility index (Phi) is 2.92. The zero-order chi connectivity index (χ0) is 14.2. The Morgan fingerprint density at radius 1 is 0.895 bits per heavy atom. The lowest BCUT2D eigenvalue weighted by atomic mass is 9.96. The number of aromatic carboxylic acids is 1. The minimum Gasteiger partial charge on any atom is -0.478 e. The molecule has 0 aliphatic heterocycles. The molecule has 6 nitrogen and oxygen atoms in total. The van der Waals surface area contributed by atoms with E-state index in [4.69, 9.17) is 22.9 Å². The molecule has 2 aromatic carbocycles. The largest absolute Gasteiger partial charge is 0.478 e. The molecule has 0 aromatic heterocycles. The van der Waals surface area contributed by atoms with Crippen LogP contribution in [-0.4, -0.2) is 11.1 Å². The number of benzene rings is 2. The van der Waals surface area contributed by atoms with Crippen molar-refractivity contribution in [1.29, 1.82) is 0 Å². The molecule has 0 saturated heterocycles. The molecule has 19 heavy (non-hydrogen) atoms. The van der Waals surface area contributed by atoms with Gasteiger partial charge in [-0.25, -0.2) is 4.79 Å². The summed E-state index contributed by atoms with van der Waals surface area (Å²) in [7, 11) is 0. The standard InChI is InChI=1S/C13H14N4O2/c14-9-5-8(10(15)12(17)11(9)16)6-3-1-2-4-7(6)13(18)19/h1-5H,14-17H2,(H,18,19). The van der Waals surface area contributed by atoms with Crippen LogP contribution in [0.15, 0.2) is 30.3 Å². The van der Waals surface area contributed by atoms with Crippen molar-refractivity contribution >= 4 is 28.7 Å². The Morgan fingerprint density at radius 2 is 1.53 bits per heavy atom. The number of carboxylic acids is 1. The first-order valence-electron chi connectivity index (χ1n) is 5.49. The van der Waals surface area contributed by atoms with Crippen LogP contribution in [0.4, 0.5) is 22.7 Å². The first kappa shape index (κ1) is 12.6. The third kappa shape index (κ3) is 1.99. The van der Waals surface area contributed by atoms with Gasteiger partial charge in [-0.2, -0.15) is 0 Å². The van der Waals surface area contributed by atoms with Crippen LogP contribution in [0.25, 0.3) is 11.1 Å². The number of hydrogen-bond acceptors (Lipinski definition) is 5. The van der Waals surface area contributed by atoms with Crippen LogP contribution >= 0.6 is 0 Å². The Bertz CT molecular complexity index is 668. The van der Waals surface area contributed by atoms with Crippen molar-refractivity contribution in [3.63, 3.8) is 0 Å². The number of anilines is 4. The van der Waals surface area contributed by atoms with Crippen molar-refractivity contribution in [1.82, 2.24) is 0 Å². The summed E-state index contributed by atoms with van der Waals surface area (Å²) in [6.45, 7) is 0. The molecular formula is C13H14N4O2. The van der Waals surface area contributed by atoms with Gasteiger partial charge in [-0.1, -0.05) is 18.2 Å². The predicted molar refractivity (Wildman–Crippen MR) is 76.5 cm³/mol. The van der Waals surface area contributed by atoms with Gasteiger partial charge in [0.2, 0.25) is 0 Å². The zero-order valence-electron chi connectivity index (χ0n) is 10.1. The summed E-state index contributed by atoms with van der Waals surface area (Å²) in [5.41, 5.74) is 25.0. The topological polar surface area (TPSA) is 141 Å². The second-order valence-electron chi connectivity index (χ2n) is 4.11. The second kappa shape index (κ2) is 4.41. The molecule has 0 fully saturated rings. The SMILES string of the molecule is Nc1cc(-c2ccccc2C(=O)O)c(N)c(N)c1N. The van der Waals surface area contributed by atoms with Gasteiger partial charge in [-0.3, -0.25) is 0 Å². The van der Waals surface area contributed by atoms with Gasteiger partial charge in [0.05, 0.1) is 28.3 Å². The Hall–Kier alpha value is -2.89. The lowest BCUT2D eigenvalue weighted by molar-refractivity contribution is 0.0698. The van der Waals surface area contributed by atoms with E-state index in [1.54, 1.807) is 18.2 Å². The molecule has 2 aromatic rings. The van der Waals surface area contributed by atoms with E-state index in [1.165, 1.54) is 12.1 Å². The van der Waals surface area contributed by atoms with Crippen molar-refractivity contribution in [3.8, 4) is 11.1 Å². The first-order chi connectivity index (χ1) is 8.93. The Labute approximate surface area is 109 Å². The van der Waals surface area contributed by atoms with Crippen molar-refractivity contribution in [2.75, 3.05) is 22.9 Å². The lowest BCUT2D eigenvalue weighted by Gasteiger charge is -2.14. The molecule has 0 heterocycles. The number of nitrogen functional groups attached to an aromatic ring is 4. The summed E-state index contributed by atoms with van der Waals surface area (Å²) in [6.07, 6.45) is 0. The molecule has 0 aliphatic rings. The fraction of sp³-hybridized carbons (Fsp3) is 0. The van der Waals surface area contributed by atoms with Crippen molar-refractivity contribution in [2.24, 2.45) is 0 Å². The van der Waals surface area contributed by atoms with E-state index < -0.39 is 5.97 Å². The van der Waals surface area contributed by atoms with Crippen molar-refractivity contribution in [2.45, 2.75) is 0 Å². The van der Waals surface area contributed by atoms with Crippen LogP contribution in [0.5, 0.6) is 0 Å². The van der Waals surface area contributed by atoms with E-state index in [2.05, 4.69) is 0 Å². The fourth-order valence-electron chi connectivity index (χ4n) is 1.88. The monoisotopic (exact) mass is 258 g/mol. The van der Waals surface area contributed by atoms with Gasteiger partial charge in [-0.15, -0.1) is 0 Å². The summed E-state index contributed by atoms with van der Waals surface area (Å²) < 4.78 is 0. The third-order valence-corrected chi connectivity index (χ3v) is 2.93. The van der Waals surface area contributed by atoms with E-state index in [0.29, 0.717) is 11.1 Å². The summed E-state index contributed by atoms with van der Waals surface area (Å²) in [6, 6.07) is 8.00. The molecule has 0 aliphatic carbocycles. The second-order valence-corrected chi connectivity index (χ2v) is 4.11. The maximum absolute atomic E-state index is 11.2. The van der Waals surface area contributed by atoms with E-state index in [0.717, 1.165) is 0 Å². The highest BCUT2D eigenvalue weighted by atomic mass is 16.4. The van der Waals surface area contributed by atoms with Gasteiger partial charge in [0.1, 0.15) is 0 Å². The third-order valence-electron chi connectivity index (χ3n) is 2.93. The summed E-state index contributed by atoms with van der Waals surface area (Å²) in [5, 5.41) is 9.18. The van der Waals surface area contributed by atoms with Crippen LogP contribution in [0.3, 0.4) is 0 Å². The average molecular weight is 258 g/mol. The molecule has 0 unspecified atom stereocenters. The van der Waals surface area contributed by atoms with E-state index in [-0.39, 0.29) is 28.3 Å². The van der Waals surface area contributed by atoms with Crippen LogP contribution in [0.2, 0.25) is 0 Å². The van der Waals surface area contributed by atoms with Gasteiger partial charge in [0, 0.05) is 5.56 Å². The van der Waals surface area contributed by atoms with Crippen LogP contribution in [0.1, 0.15) is 10.4 Å². The van der Waals surface area contributed by atoms with E-state index >= 15 is 0 Å². The van der Waals surface area contributed by atoms with Gasteiger partial charge in [0.15, 0.2) is 0 Å². The highest BCUT2D eigenvalue weighted by Crippen LogP contribution is 2.39. The molecule has 0 atom stereocenters. The maximum atomic E-state index is 11.2. The van der Waals surface area contributed by atoms with Crippen LogP contribution in [0, 0.1) is 0 Å². The lowest BCUT2D eigenvalue weighted by Crippen LogP contribution is -2.07. The predicted octanol–water partition coefficient (Wildman–Crippen LogP) is 1.38. The molecule has 0 radical (unpaired) electrons. The van der Waals surface area contributed by atoms with Gasteiger partial charge < -0.3 is 28.0 Å². The van der Waals surface area contributed by atoms with Gasteiger partial charge in [0.25, 0.3) is 0 Å². The first-order valence-corrected chi connectivity index (χ1v) is 5.49. The minimum absolute atomic E-state index is 0.123. The van der Waals surface area contributed by atoms with Gasteiger partial charge in [-0.05, 0) is 17.7 Å². The highest BCUT2D eigenvalue weighted by Gasteiger charge is 2.16. The molecular weight excluding hydrogens is 244 g/mol. The Balaban J connectivity index is 2.77. The minimum atomic E-state index is -1.05. The summed E-state index contributed by atoms with van der Waals surface area (Å²) >= 11 is 0. The normalized spacial score (nSPS) is 10.3. The number of carboxylic acid groups (broad SMARTS) is 1. The quantitative estimate of drug-likeness (QED) is 0.515. The van der Waals surface area contributed by atoms with E-state index in [9.17, 15) is 9.90 Å². The zero-order valence-corrected chi connectivity index (χ0v) is 10.1. The number of hydrogen-bond donors (Lipinski definition) is 5. The highest BCUT2D eigenvalue weighted by molar-refractivity contribution is 6.02. The number of carbonyl (C=O) groups is 1. The molecule has 0 bridgehead atoms. The summed E-state index contributed by atoms with van der Waals surface area (Å²) in [5.74, 6) is -1.05. The maximum Gasteiger partial charge on any atom is 0.336 e.